The van der Waals surface area contributed by atoms with E-state index in [1.807, 2.05) is 0 Å². The van der Waals surface area contributed by atoms with Gasteiger partial charge in [0.05, 0.1) is 12.5 Å². The molecular formula is C12H17F3N2O4. The highest BCUT2D eigenvalue weighted by atomic mass is 19.4. The van der Waals surface area contributed by atoms with Crippen LogP contribution < -0.4 is 10.6 Å². The van der Waals surface area contributed by atoms with Gasteiger partial charge in [-0.2, -0.15) is 13.2 Å². The Balaban J connectivity index is 2.28. The number of carbonyl (C=O) groups excluding carboxylic acids is 2. The van der Waals surface area contributed by atoms with E-state index in [1.54, 1.807) is 0 Å². The van der Waals surface area contributed by atoms with E-state index in [1.165, 1.54) is 0 Å². The molecular weight excluding hydrogens is 293 g/mol. The Bertz CT molecular complexity index is 404. The van der Waals surface area contributed by atoms with Crippen molar-refractivity contribution < 1.29 is 32.7 Å². The highest BCUT2D eigenvalue weighted by molar-refractivity contribution is 5.87. The van der Waals surface area contributed by atoms with Crippen LogP contribution in [0, 0.1) is 11.8 Å². The van der Waals surface area contributed by atoms with Crippen molar-refractivity contribution in [1.82, 2.24) is 10.6 Å². The lowest BCUT2D eigenvalue weighted by molar-refractivity contribution is -0.184. The first-order chi connectivity index (χ1) is 9.70. The molecule has 21 heavy (non-hydrogen) atoms. The Kier molecular flexibility index (Phi) is 5.98. The number of nitrogens with one attached hydrogen (secondary N) is 2. The standard InChI is InChI=1S/C12H17F3N2O4/c13-12(14,15)8-3-1-7(2-4-8)11(21)17-5-9(18)16-6-10(19)20/h7-8H,1-6H2,(H,16,18)(H,17,21)(H,19,20). The molecule has 0 aliphatic heterocycles. The average Bonchev–Trinajstić information content (AvgIpc) is 2.41. The molecule has 9 heteroatoms. The maximum atomic E-state index is 12.5. The molecule has 1 aliphatic rings. The minimum Gasteiger partial charge on any atom is -0.480 e. The van der Waals surface area contributed by atoms with Crippen molar-refractivity contribution in [3.63, 3.8) is 0 Å². The van der Waals surface area contributed by atoms with Gasteiger partial charge in [-0.05, 0) is 25.7 Å². The molecule has 0 atom stereocenters. The van der Waals surface area contributed by atoms with Crippen LogP contribution in [0.4, 0.5) is 13.2 Å². The highest BCUT2D eigenvalue weighted by Gasteiger charge is 2.42. The van der Waals surface area contributed by atoms with Gasteiger partial charge in [0, 0.05) is 5.92 Å². The van der Waals surface area contributed by atoms with Crippen LogP contribution in [-0.2, 0) is 14.4 Å². The van der Waals surface area contributed by atoms with Crippen LogP contribution in [0.3, 0.4) is 0 Å². The maximum Gasteiger partial charge on any atom is 0.391 e. The molecule has 0 radical (unpaired) electrons. The van der Waals surface area contributed by atoms with Crippen molar-refractivity contribution in [2.24, 2.45) is 11.8 Å². The highest BCUT2D eigenvalue weighted by Crippen LogP contribution is 2.39. The normalized spacial score (nSPS) is 22.4. The summed E-state index contributed by atoms with van der Waals surface area (Å²) < 4.78 is 37.4. The van der Waals surface area contributed by atoms with Crippen molar-refractivity contribution in [3.05, 3.63) is 0 Å². The van der Waals surface area contributed by atoms with Gasteiger partial charge in [0.1, 0.15) is 6.54 Å². The third-order valence-electron chi connectivity index (χ3n) is 3.42. The number of halogens is 3. The molecule has 1 aliphatic carbocycles. The molecule has 0 bridgehead atoms. The SMILES string of the molecule is O=C(O)CNC(=O)CNC(=O)C1CCC(C(F)(F)F)CC1. The molecule has 6 nitrogen and oxygen atoms in total. The number of hydrogen-bond acceptors (Lipinski definition) is 3. The fraction of sp³-hybridized carbons (Fsp3) is 0.750. The number of carbonyl (C=O) groups is 3. The first kappa shape index (κ1) is 17.3. The van der Waals surface area contributed by atoms with E-state index in [2.05, 4.69) is 10.6 Å². The summed E-state index contributed by atoms with van der Waals surface area (Å²) in [5, 5.41) is 12.7. The van der Waals surface area contributed by atoms with Crippen LogP contribution >= 0.6 is 0 Å². The smallest absolute Gasteiger partial charge is 0.391 e. The van der Waals surface area contributed by atoms with Gasteiger partial charge in [0.25, 0.3) is 0 Å². The lowest BCUT2D eigenvalue weighted by Crippen LogP contribution is -2.42. The Morgan fingerprint density at radius 3 is 2.05 bits per heavy atom. The monoisotopic (exact) mass is 310 g/mol. The van der Waals surface area contributed by atoms with Crippen LogP contribution in [0.2, 0.25) is 0 Å². The predicted molar refractivity (Wildman–Crippen MR) is 65.2 cm³/mol. The third-order valence-corrected chi connectivity index (χ3v) is 3.42. The number of alkyl halides is 3. The number of carboxylic acid groups (broad SMARTS) is 1. The maximum absolute atomic E-state index is 12.5. The van der Waals surface area contributed by atoms with Gasteiger partial charge in [-0.3, -0.25) is 14.4 Å². The zero-order valence-electron chi connectivity index (χ0n) is 11.2. The van der Waals surface area contributed by atoms with E-state index in [9.17, 15) is 27.6 Å². The minimum absolute atomic E-state index is 0.0905. The van der Waals surface area contributed by atoms with Gasteiger partial charge in [0.15, 0.2) is 0 Å². The fourth-order valence-corrected chi connectivity index (χ4v) is 2.23. The molecule has 0 aromatic carbocycles. The molecule has 1 saturated carbocycles. The largest absolute Gasteiger partial charge is 0.480 e. The number of amides is 2. The van der Waals surface area contributed by atoms with Gasteiger partial charge in [-0.1, -0.05) is 0 Å². The molecule has 3 N–H and O–H groups in total. The van der Waals surface area contributed by atoms with Crippen LogP contribution in [0.5, 0.6) is 0 Å². The molecule has 0 unspecified atom stereocenters. The molecule has 0 aromatic rings. The zero-order chi connectivity index (χ0) is 16.0. The molecule has 2 amide bonds. The van der Waals surface area contributed by atoms with Crippen molar-refractivity contribution in [1.29, 1.82) is 0 Å². The fourth-order valence-electron chi connectivity index (χ4n) is 2.23. The van der Waals surface area contributed by atoms with Crippen molar-refractivity contribution >= 4 is 17.8 Å². The Morgan fingerprint density at radius 1 is 1.00 bits per heavy atom. The van der Waals surface area contributed by atoms with E-state index in [0.717, 1.165) is 0 Å². The second-order valence-electron chi connectivity index (χ2n) is 4.98. The molecule has 120 valence electrons. The molecule has 1 fully saturated rings. The van der Waals surface area contributed by atoms with E-state index >= 15 is 0 Å². The van der Waals surface area contributed by atoms with Crippen LogP contribution in [-0.4, -0.2) is 42.2 Å². The topological polar surface area (TPSA) is 95.5 Å². The van der Waals surface area contributed by atoms with E-state index in [-0.39, 0.29) is 32.2 Å². The van der Waals surface area contributed by atoms with Crippen LogP contribution in [0.15, 0.2) is 0 Å². The van der Waals surface area contributed by atoms with E-state index < -0.39 is 42.3 Å². The Labute approximate surface area is 119 Å². The second kappa shape index (κ2) is 7.28. The van der Waals surface area contributed by atoms with Gasteiger partial charge in [-0.25, -0.2) is 0 Å². The zero-order valence-corrected chi connectivity index (χ0v) is 11.2. The third kappa shape index (κ3) is 6.01. The number of rotatable bonds is 5. The van der Waals surface area contributed by atoms with Gasteiger partial charge in [0.2, 0.25) is 11.8 Å². The lowest BCUT2D eigenvalue weighted by atomic mass is 9.81. The number of aliphatic carboxylic acids is 1. The molecule has 0 saturated heterocycles. The Morgan fingerprint density at radius 2 is 1.57 bits per heavy atom. The van der Waals surface area contributed by atoms with Crippen LogP contribution in [0.1, 0.15) is 25.7 Å². The van der Waals surface area contributed by atoms with Crippen molar-refractivity contribution in [3.8, 4) is 0 Å². The summed E-state index contributed by atoms with van der Waals surface area (Å²) in [7, 11) is 0. The summed E-state index contributed by atoms with van der Waals surface area (Å²) in [6.07, 6.45) is -4.14. The molecule has 0 aromatic heterocycles. The number of carboxylic acids is 1. The quantitative estimate of drug-likeness (QED) is 0.695. The molecule has 1 rings (SSSR count). The van der Waals surface area contributed by atoms with Crippen LogP contribution in [0.25, 0.3) is 0 Å². The molecule has 0 heterocycles. The minimum atomic E-state index is -4.22. The summed E-state index contributed by atoms with van der Waals surface area (Å²) >= 11 is 0. The first-order valence-corrected chi connectivity index (χ1v) is 6.53. The van der Waals surface area contributed by atoms with Crippen molar-refractivity contribution in [2.75, 3.05) is 13.1 Å². The summed E-state index contributed by atoms with van der Waals surface area (Å²) in [6.45, 7) is -0.934. The van der Waals surface area contributed by atoms with Gasteiger partial charge < -0.3 is 15.7 Å². The van der Waals surface area contributed by atoms with Crippen molar-refractivity contribution in [2.45, 2.75) is 31.9 Å². The predicted octanol–water partition coefficient (Wildman–Crippen LogP) is 0.672. The number of hydrogen-bond donors (Lipinski definition) is 3. The average molecular weight is 310 g/mol. The lowest BCUT2D eigenvalue weighted by Gasteiger charge is -2.29. The summed E-state index contributed by atoms with van der Waals surface area (Å²) in [5.74, 6) is -4.23. The van der Waals surface area contributed by atoms with Gasteiger partial charge >= 0.3 is 12.1 Å². The van der Waals surface area contributed by atoms with E-state index in [4.69, 9.17) is 5.11 Å². The second-order valence-corrected chi connectivity index (χ2v) is 4.98. The summed E-state index contributed by atoms with van der Waals surface area (Å²) in [5.41, 5.74) is 0. The summed E-state index contributed by atoms with van der Waals surface area (Å²) in [4.78, 5) is 33.1. The summed E-state index contributed by atoms with van der Waals surface area (Å²) in [6, 6.07) is 0. The van der Waals surface area contributed by atoms with E-state index in [0.29, 0.717) is 0 Å². The van der Waals surface area contributed by atoms with Gasteiger partial charge in [-0.15, -0.1) is 0 Å². The Hall–Kier alpha value is -1.80. The molecule has 0 spiro atoms. The first-order valence-electron chi connectivity index (χ1n) is 6.53.